The van der Waals surface area contributed by atoms with E-state index >= 15 is 0 Å². The minimum Gasteiger partial charge on any atom is -0.383 e. The van der Waals surface area contributed by atoms with Crippen molar-refractivity contribution in [1.82, 2.24) is 4.31 Å². The molecule has 1 unspecified atom stereocenters. The third kappa shape index (κ3) is 4.58. The molecule has 0 aliphatic heterocycles. The highest BCUT2D eigenvalue weighted by atomic mass is 79.9. The molecule has 1 aromatic carbocycles. The van der Waals surface area contributed by atoms with Crippen molar-refractivity contribution < 1.29 is 13.2 Å². The van der Waals surface area contributed by atoms with Crippen molar-refractivity contribution >= 4 is 49.2 Å². The topological polar surface area (TPSA) is 46.6 Å². The van der Waals surface area contributed by atoms with Crippen LogP contribution in [0.3, 0.4) is 0 Å². The van der Waals surface area contributed by atoms with Gasteiger partial charge in [-0.3, -0.25) is 0 Å². The van der Waals surface area contributed by atoms with E-state index in [1.54, 1.807) is 13.2 Å². The highest BCUT2D eigenvalue weighted by molar-refractivity contribution is 9.09. The van der Waals surface area contributed by atoms with Gasteiger partial charge in [-0.25, -0.2) is 8.42 Å². The Hall–Kier alpha value is 0.150. The molecule has 1 atom stereocenters. The zero-order valence-electron chi connectivity index (χ0n) is 10.4. The summed E-state index contributed by atoms with van der Waals surface area (Å²) in [4.78, 5) is -0.100. The van der Waals surface area contributed by atoms with Crippen molar-refractivity contribution in [2.75, 3.05) is 27.3 Å². The number of hydrogen-bond acceptors (Lipinski definition) is 3. The average molecular weight is 391 g/mol. The van der Waals surface area contributed by atoms with Crippen LogP contribution in [0.15, 0.2) is 23.1 Å². The van der Waals surface area contributed by atoms with Crippen molar-refractivity contribution in [3.63, 3.8) is 0 Å². The maximum atomic E-state index is 12.4. The maximum absolute atomic E-state index is 12.4. The molecule has 0 aliphatic carbocycles. The first kappa shape index (κ1) is 17.2. The first-order valence-corrected chi connectivity index (χ1v) is 8.44. The highest BCUT2D eigenvalue weighted by Gasteiger charge is 2.25. The molecule has 1 aromatic rings. The molecule has 0 saturated heterocycles. The molecule has 0 saturated carbocycles. The fourth-order valence-corrected chi connectivity index (χ4v) is 4.29. The summed E-state index contributed by atoms with van der Waals surface area (Å²) in [6, 6.07) is 4.35. The fourth-order valence-electron chi connectivity index (χ4n) is 1.45. The molecule has 1 rings (SSSR count). The molecule has 0 radical (unpaired) electrons. The lowest BCUT2D eigenvalue weighted by molar-refractivity contribution is 0.195. The van der Waals surface area contributed by atoms with Crippen LogP contribution in [0.2, 0.25) is 10.0 Å². The molecule has 0 aliphatic rings. The van der Waals surface area contributed by atoms with E-state index in [0.29, 0.717) is 11.6 Å². The maximum Gasteiger partial charge on any atom is 0.244 e. The average Bonchev–Trinajstić information content (AvgIpc) is 2.32. The van der Waals surface area contributed by atoms with Gasteiger partial charge in [0.05, 0.1) is 16.5 Å². The second kappa shape index (κ2) is 7.24. The summed E-state index contributed by atoms with van der Waals surface area (Å²) in [5, 5.41) is 0.470. The van der Waals surface area contributed by atoms with Crippen LogP contribution in [-0.2, 0) is 14.8 Å². The summed E-state index contributed by atoms with van der Waals surface area (Å²) in [6.45, 7) is 0.669. The fraction of sp³-hybridized carbons (Fsp3) is 0.455. The Balaban J connectivity index is 3.00. The molecule has 0 spiro atoms. The molecule has 8 heteroatoms. The quantitative estimate of drug-likeness (QED) is 0.701. The van der Waals surface area contributed by atoms with Crippen LogP contribution < -0.4 is 0 Å². The van der Waals surface area contributed by atoms with E-state index in [1.807, 2.05) is 0 Å². The zero-order valence-corrected chi connectivity index (χ0v) is 14.4. The molecular weight excluding hydrogens is 377 g/mol. The Morgan fingerprint density at radius 2 is 2.05 bits per heavy atom. The lowest BCUT2D eigenvalue weighted by Gasteiger charge is -2.20. The van der Waals surface area contributed by atoms with Gasteiger partial charge in [-0.1, -0.05) is 39.1 Å². The number of alkyl halides is 1. The Morgan fingerprint density at radius 3 is 2.63 bits per heavy atom. The van der Waals surface area contributed by atoms with Crippen molar-refractivity contribution in [2.45, 2.75) is 9.72 Å². The van der Waals surface area contributed by atoms with Crippen molar-refractivity contribution in [3.05, 3.63) is 28.2 Å². The molecule has 0 aromatic heterocycles. The van der Waals surface area contributed by atoms with E-state index in [4.69, 9.17) is 27.9 Å². The summed E-state index contributed by atoms with van der Waals surface area (Å²) < 4.78 is 30.9. The van der Waals surface area contributed by atoms with Crippen molar-refractivity contribution in [1.29, 1.82) is 0 Å². The van der Waals surface area contributed by atoms with E-state index in [-0.39, 0.29) is 21.3 Å². The summed E-state index contributed by atoms with van der Waals surface area (Å²) in [7, 11) is -0.639. The molecule has 19 heavy (non-hydrogen) atoms. The van der Waals surface area contributed by atoms with Crippen LogP contribution in [0, 0.1) is 0 Å². The molecule has 0 fully saturated rings. The van der Waals surface area contributed by atoms with Gasteiger partial charge in [0.15, 0.2) is 0 Å². The van der Waals surface area contributed by atoms with Crippen LogP contribution >= 0.6 is 39.1 Å². The van der Waals surface area contributed by atoms with Gasteiger partial charge in [-0.2, -0.15) is 4.31 Å². The molecular formula is C11H14BrCl2NO3S. The van der Waals surface area contributed by atoms with Gasteiger partial charge < -0.3 is 4.74 Å². The Bertz CT molecular complexity index is 539. The van der Waals surface area contributed by atoms with Gasteiger partial charge in [0.25, 0.3) is 0 Å². The van der Waals surface area contributed by atoms with Crippen molar-refractivity contribution in [2.24, 2.45) is 0 Å². The predicted molar refractivity (Wildman–Crippen MR) is 80.9 cm³/mol. The largest absolute Gasteiger partial charge is 0.383 e. The minimum atomic E-state index is -3.67. The van der Waals surface area contributed by atoms with E-state index in [2.05, 4.69) is 15.9 Å². The summed E-state index contributed by atoms with van der Waals surface area (Å²) in [5.74, 6) is 0. The third-order valence-electron chi connectivity index (χ3n) is 2.38. The van der Waals surface area contributed by atoms with Gasteiger partial charge >= 0.3 is 0 Å². The number of methoxy groups -OCH3 is 1. The SMILES string of the molecule is COCC(Br)CN(C)S(=O)(=O)c1cc(Cl)ccc1Cl. The molecule has 0 bridgehead atoms. The first-order chi connectivity index (χ1) is 8.78. The van der Waals surface area contributed by atoms with E-state index in [0.717, 1.165) is 0 Å². The van der Waals surface area contributed by atoms with Gasteiger partial charge in [0.2, 0.25) is 10.0 Å². The normalized spacial score (nSPS) is 13.8. The second-order valence-electron chi connectivity index (χ2n) is 3.91. The lowest BCUT2D eigenvalue weighted by atomic mass is 10.4. The van der Waals surface area contributed by atoms with Crippen LogP contribution in [0.4, 0.5) is 0 Å². The summed E-state index contributed by atoms with van der Waals surface area (Å²) in [6.07, 6.45) is 0. The number of nitrogens with zero attached hydrogens (tertiary/aromatic N) is 1. The van der Waals surface area contributed by atoms with Gasteiger partial charge in [-0.15, -0.1) is 0 Å². The molecule has 0 amide bonds. The standard InChI is InChI=1S/C11H14BrCl2NO3S/c1-15(6-8(12)7-18-2)19(16,17)11-5-9(13)3-4-10(11)14/h3-5,8H,6-7H2,1-2H3. The molecule has 0 heterocycles. The second-order valence-corrected chi connectivity index (χ2v) is 8.06. The highest BCUT2D eigenvalue weighted by Crippen LogP contribution is 2.27. The summed E-state index contributed by atoms with van der Waals surface area (Å²) >= 11 is 15.1. The Labute approximate surface area is 131 Å². The van der Waals surface area contributed by atoms with Gasteiger partial charge in [0.1, 0.15) is 4.90 Å². The Morgan fingerprint density at radius 1 is 1.42 bits per heavy atom. The van der Waals surface area contributed by atoms with Crippen LogP contribution in [0.5, 0.6) is 0 Å². The van der Waals surface area contributed by atoms with Gasteiger partial charge in [-0.05, 0) is 18.2 Å². The van der Waals surface area contributed by atoms with E-state index in [1.165, 1.54) is 23.5 Å². The monoisotopic (exact) mass is 389 g/mol. The molecule has 4 nitrogen and oxygen atoms in total. The van der Waals surface area contributed by atoms with E-state index in [9.17, 15) is 8.42 Å². The zero-order chi connectivity index (χ0) is 14.6. The smallest absolute Gasteiger partial charge is 0.244 e. The van der Waals surface area contributed by atoms with Gasteiger partial charge in [0, 0.05) is 25.7 Å². The van der Waals surface area contributed by atoms with Crippen LogP contribution in [-0.4, -0.2) is 44.9 Å². The lowest BCUT2D eigenvalue weighted by Crippen LogP contribution is -2.33. The molecule has 0 N–H and O–H groups in total. The predicted octanol–water partition coefficient (Wildman–Crippen LogP) is 3.02. The number of sulfonamides is 1. The summed E-state index contributed by atoms with van der Waals surface area (Å²) in [5.41, 5.74) is 0. The number of ether oxygens (including phenoxy) is 1. The van der Waals surface area contributed by atoms with Crippen LogP contribution in [0.1, 0.15) is 0 Å². The number of halogens is 3. The first-order valence-electron chi connectivity index (χ1n) is 5.33. The Kier molecular flexibility index (Phi) is 6.56. The molecule has 108 valence electrons. The number of hydrogen-bond donors (Lipinski definition) is 0. The van der Waals surface area contributed by atoms with E-state index < -0.39 is 10.0 Å². The number of benzene rings is 1. The van der Waals surface area contributed by atoms with Crippen molar-refractivity contribution in [3.8, 4) is 0 Å². The minimum absolute atomic E-state index is 0.00119. The third-order valence-corrected chi connectivity index (χ3v) is 5.48. The number of rotatable bonds is 6. The van der Waals surface area contributed by atoms with Crippen LogP contribution in [0.25, 0.3) is 0 Å².